The first-order chi connectivity index (χ1) is 10.4. The maximum Gasteiger partial charge on any atom is 0.244 e. The number of sulfonamides is 1. The molecule has 1 N–H and O–H groups in total. The summed E-state index contributed by atoms with van der Waals surface area (Å²) in [6, 6.07) is 4.16. The third-order valence-electron chi connectivity index (χ3n) is 4.03. The molecule has 6 nitrogen and oxygen atoms in total. The predicted molar refractivity (Wildman–Crippen MR) is 76.0 cm³/mol. The van der Waals surface area contributed by atoms with E-state index in [4.69, 9.17) is 4.74 Å². The Kier molecular flexibility index (Phi) is 3.92. The smallest absolute Gasteiger partial charge is 0.244 e. The summed E-state index contributed by atoms with van der Waals surface area (Å²) in [4.78, 5) is 13.6. The lowest BCUT2D eigenvalue weighted by atomic mass is 9.90. The average molecular weight is 328 g/mol. The van der Waals surface area contributed by atoms with Crippen LogP contribution < -0.4 is 4.72 Å². The van der Waals surface area contributed by atoms with E-state index in [0.29, 0.717) is 13.2 Å². The number of benzene rings is 1. The van der Waals surface area contributed by atoms with Crippen molar-refractivity contribution in [1.29, 1.82) is 0 Å². The highest BCUT2D eigenvalue weighted by molar-refractivity contribution is 7.89. The summed E-state index contributed by atoms with van der Waals surface area (Å²) in [6.07, 6.45) is 0.887. The monoisotopic (exact) mass is 328 g/mol. The number of rotatable bonds is 4. The maximum absolute atomic E-state index is 13.6. The van der Waals surface area contributed by atoms with E-state index < -0.39 is 26.8 Å². The molecule has 1 amide bonds. The van der Waals surface area contributed by atoms with Crippen LogP contribution >= 0.6 is 0 Å². The van der Waals surface area contributed by atoms with Crippen LogP contribution in [-0.2, 0) is 19.6 Å². The number of hydrogen-bond acceptors (Lipinski definition) is 4. The molecule has 1 aromatic carbocycles. The van der Waals surface area contributed by atoms with Gasteiger partial charge in [0, 0.05) is 0 Å². The number of ether oxygens (including phenoxy) is 1. The van der Waals surface area contributed by atoms with Gasteiger partial charge in [-0.15, -0.1) is 0 Å². The van der Waals surface area contributed by atoms with Crippen molar-refractivity contribution in [2.75, 3.05) is 13.2 Å². The molecule has 120 valence electrons. The highest BCUT2D eigenvalue weighted by atomic mass is 32.2. The van der Waals surface area contributed by atoms with E-state index in [-0.39, 0.29) is 18.0 Å². The van der Waals surface area contributed by atoms with Gasteiger partial charge in [-0.05, 0) is 25.5 Å². The van der Waals surface area contributed by atoms with Gasteiger partial charge in [-0.25, -0.2) is 12.8 Å². The molecule has 1 aromatic rings. The Morgan fingerprint density at radius 3 is 2.59 bits per heavy atom. The third kappa shape index (κ3) is 2.62. The Hall–Kier alpha value is -1.51. The molecule has 2 unspecified atom stereocenters. The van der Waals surface area contributed by atoms with Gasteiger partial charge in [0.1, 0.15) is 10.7 Å². The minimum atomic E-state index is -4.08. The van der Waals surface area contributed by atoms with Gasteiger partial charge in [-0.1, -0.05) is 12.1 Å². The number of halogens is 1. The summed E-state index contributed by atoms with van der Waals surface area (Å²) in [7, 11) is -4.08. The summed E-state index contributed by atoms with van der Waals surface area (Å²) >= 11 is 0. The van der Waals surface area contributed by atoms with E-state index in [1.165, 1.54) is 25.1 Å². The minimum Gasteiger partial charge on any atom is -0.377 e. The molecule has 0 spiro atoms. The van der Waals surface area contributed by atoms with Crippen LogP contribution in [0, 0.1) is 5.82 Å². The number of fused-ring (bicyclic) bond motifs is 2. The first kappa shape index (κ1) is 15.4. The maximum atomic E-state index is 13.6. The Balaban J connectivity index is 1.72. The van der Waals surface area contributed by atoms with Gasteiger partial charge in [0.25, 0.3) is 0 Å². The summed E-state index contributed by atoms with van der Waals surface area (Å²) < 4.78 is 45.6. The first-order valence-electron chi connectivity index (χ1n) is 7.07. The second kappa shape index (κ2) is 5.60. The molecule has 8 heteroatoms. The van der Waals surface area contributed by atoms with E-state index in [0.717, 1.165) is 12.5 Å². The van der Waals surface area contributed by atoms with Gasteiger partial charge in [0.05, 0.1) is 31.3 Å². The third-order valence-corrected chi connectivity index (χ3v) is 5.61. The highest BCUT2D eigenvalue weighted by Crippen LogP contribution is 2.31. The molecule has 2 bridgehead atoms. The summed E-state index contributed by atoms with van der Waals surface area (Å²) in [5.74, 6) is -1.15. The molecular weight excluding hydrogens is 311 g/mol. The van der Waals surface area contributed by atoms with Crippen molar-refractivity contribution in [2.24, 2.45) is 0 Å². The number of hydrogen-bond donors (Lipinski definition) is 1. The van der Waals surface area contributed by atoms with Crippen molar-refractivity contribution in [3.05, 3.63) is 30.1 Å². The van der Waals surface area contributed by atoms with E-state index in [9.17, 15) is 17.6 Å². The van der Waals surface area contributed by atoms with Crippen molar-refractivity contribution >= 4 is 15.9 Å². The van der Waals surface area contributed by atoms with Gasteiger partial charge < -0.3 is 9.64 Å². The summed E-state index contributed by atoms with van der Waals surface area (Å²) in [5.41, 5.74) is 0. The van der Waals surface area contributed by atoms with Gasteiger partial charge >= 0.3 is 0 Å². The van der Waals surface area contributed by atoms with Crippen LogP contribution in [0.4, 0.5) is 4.39 Å². The fourth-order valence-electron chi connectivity index (χ4n) is 2.93. The second-order valence-corrected chi connectivity index (χ2v) is 7.28. The van der Waals surface area contributed by atoms with E-state index in [2.05, 4.69) is 4.72 Å². The van der Waals surface area contributed by atoms with E-state index in [1.807, 2.05) is 0 Å². The van der Waals surface area contributed by atoms with Crippen LogP contribution in [0.3, 0.4) is 0 Å². The normalized spacial score (nSPS) is 25.5. The number of nitrogens with one attached hydrogen (secondary N) is 1. The second-order valence-electron chi connectivity index (χ2n) is 5.60. The standard InChI is InChI=1S/C14H17FN2O4S/c1-9(14(18)17-10-6-11(17)8-21-7-10)16-22(19,20)13-5-3-2-4-12(13)15/h2-5,9-11,16H,6-8H2,1H3/t9-,10?,11?/m0/s1. The number of carbonyl (C=O) groups excluding carboxylic acids is 1. The lowest BCUT2D eigenvalue weighted by molar-refractivity contribution is -0.168. The first-order valence-corrected chi connectivity index (χ1v) is 8.55. The van der Waals surface area contributed by atoms with Crippen molar-refractivity contribution in [3.63, 3.8) is 0 Å². The van der Waals surface area contributed by atoms with Crippen LogP contribution in [0.25, 0.3) is 0 Å². The fourth-order valence-corrected chi connectivity index (χ4v) is 4.21. The zero-order chi connectivity index (χ0) is 15.9. The Morgan fingerprint density at radius 2 is 2.00 bits per heavy atom. The van der Waals surface area contributed by atoms with Crippen molar-refractivity contribution in [2.45, 2.75) is 36.4 Å². The van der Waals surface area contributed by atoms with E-state index >= 15 is 0 Å². The molecule has 2 fully saturated rings. The number of carbonyl (C=O) groups is 1. The zero-order valence-corrected chi connectivity index (χ0v) is 12.8. The van der Waals surface area contributed by atoms with Crippen molar-refractivity contribution in [3.8, 4) is 0 Å². The van der Waals surface area contributed by atoms with Crippen LogP contribution in [0.5, 0.6) is 0 Å². The molecule has 2 heterocycles. The molecule has 0 aliphatic carbocycles. The van der Waals surface area contributed by atoms with Gasteiger partial charge in [-0.3, -0.25) is 4.79 Å². The Labute approximate surface area is 128 Å². The van der Waals surface area contributed by atoms with Crippen LogP contribution in [0.1, 0.15) is 13.3 Å². The fraction of sp³-hybridized carbons (Fsp3) is 0.500. The Bertz CT molecular complexity index is 680. The molecule has 2 saturated heterocycles. The van der Waals surface area contributed by atoms with Gasteiger partial charge in [-0.2, -0.15) is 4.72 Å². The van der Waals surface area contributed by atoms with Crippen molar-refractivity contribution < 1.29 is 22.3 Å². The average Bonchev–Trinajstić information content (AvgIpc) is 2.47. The molecule has 0 saturated carbocycles. The quantitative estimate of drug-likeness (QED) is 0.873. The number of amides is 1. The molecule has 3 rings (SSSR count). The molecule has 0 aromatic heterocycles. The molecule has 2 aliphatic rings. The topological polar surface area (TPSA) is 75.7 Å². The largest absolute Gasteiger partial charge is 0.377 e. The lowest BCUT2D eigenvalue weighted by Gasteiger charge is -2.53. The van der Waals surface area contributed by atoms with Crippen molar-refractivity contribution in [1.82, 2.24) is 9.62 Å². The van der Waals surface area contributed by atoms with Gasteiger partial charge in [0.15, 0.2) is 0 Å². The molecule has 22 heavy (non-hydrogen) atoms. The molecule has 0 radical (unpaired) electrons. The zero-order valence-electron chi connectivity index (χ0n) is 12.0. The summed E-state index contributed by atoms with van der Waals surface area (Å²) in [5, 5.41) is 0. The van der Waals surface area contributed by atoms with Crippen LogP contribution in [0.2, 0.25) is 0 Å². The summed E-state index contributed by atoms with van der Waals surface area (Å²) in [6.45, 7) is 2.43. The van der Waals surface area contributed by atoms with E-state index in [1.54, 1.807) is 4.90 Å². The molecule has 2 aliphatic heterocycles. The molecular formula is C14H17FN2O4S. The highest BCUT2D eigenvalue weighted by Gasteiger charge is 2.46. The van der Waals surface area contributed by atoms with Crippen LogP contribution in [0.15, 0.2) is 29.2 Å². The number of morpholine rings is 1. The predicted octanol–water partition coefficient (Wildman–Crippen LogP) is 0.492. The Morgan fingerprint density at radius 1 is 1.36 bits per heavy atom. The number of nitrogens with zero attached hydrogens (tertiary/aromatic N) is 1. The van der Waals surface area contributed by atoms with Gasteiger partial charge in [0.2, 0.25) is 15.9 Å². The molecule has 3 atom stereocenters. The SMILES string of the molecule is C[C@H](NS(=O)(=O)c1ccccc1F)C(=O)N1C2COCC1C2. The van der Waals surface area contributed by atoms with Crippen LogP contribution in [-0.4, -0.2) is 50.6 Å². The lowest BCUT2D eigenvalue weighted by Crippen LogP contribution is -2.68. The minimum absolute atomic E-state index is 0.0201.